The van der Waals surface area contributed by atoms with Gasteiger partial charge in [-0.3, -0.25) is 0 Å². The van der Waals surface area contributed by atoms with Crippen LogP contribution in [0.2, 0.25) is 0 Å². The fourth-order valence-electron chi connectivity index (χ4n) is 2.36. The van der Waals surface area contributed by atoms with Crippen LogP contribution < -0.4 is 4.74 Å². The average molecular weight is 292 g/mol. The third-order valence-electron chi connectivity index (χ3n) is 3.77. The molecule has 0 radical (unpaired) electrons. The van der Waals surface area contributed by atoms with Crippen molar-refractivity contribution in [2.24, 2.45) is 0 Å². The van der Waals surface area contributed by atoms with Crippen LogP contribution in [0.3, 0.4) is 0 Å². The first-order chi connectivity index (χ1) is 10.1. The van der Waals surface area contributed by atoms with Gasteiger partial charge in [-0.1, -0.05) is 57.6 Å². The maximum Gasteiger partial charge on any atom is 0.126 e. The molecule has 1 N–H and O–H groups in total. The molecule has 1 aromatic rings. The molecule has 120 valence electrons. The van der Waals surface area contributed by atoms with E-state index in [2.05, 4.69) is 19.1 Å². The van der Waals surface area contributed by atoms with Crippen LogP contribution in [-0.4, -0.2) is 17.3 Å². The van der Waals surface area contributed by atoms with E-state index in [1.165, 1.54) is 50.5 Å². The number of aryl methyl sites for hydroxylation is 1. The molecule has 0 aromatic heterocycles. The fourth-order valence-corrected chi connectivity index (χ4v) is 2.36. The molecule has 0 atom stereocenters. The fraction of sp³-hybridized carbons (Fsp3) is 0.684. The summed E-state index contributed by atoms with van der Waals surface area (Å²) in [6, 6.07) is 8.29. The highest BCUT2D eigenvalue weighted by molar-refractivity contribution is 5.27. The van der Waals surface area contributed by atoms with Gasteiger partial charge in [-0.2, -0.15) is 0 Å². The molecule has 0 spiro atoms. The van der Waals surface area contributed by atoms with Gasteiger partial charge in [0.2, 0.25) is 0 Å². The van der Waals surface area contributed by atoms with Crippen LogP contribution in [0.4, 0.5) is 0 Å². The summed E-state index contributed by atoms with van der Waals surface area (Å²) in [5, 5.41) is 9.21. The molecule has 0 saturated carbocycles. The predicted octanol–water partition coefficient (Wildman–Crippen LogP) is 5.13. The van der Waals surface area contributed by atoms with E-state index < -0.39 is 5.60 Å². The molecule has 0 amide bonds. The van der Waals surface area contributed by atoms with Crippen LogP contribution >= 0.6 is 0 Å². The summed E-state index contributed by atoms with van der Waals surface area (Å²) in [5.41, 5.74) is 0.859. The average Bonchev–Trinajstić information content (AvgIpc) is 2.48. The predicted molar refractivity (Wildman–Crippen MR) is 89.9 cm³/mol. The van der Waals surface area contributed by atoms with Gasteiger partial charge in [-0.15, -0.1) is 0 Å². The third-order valence-corrected chi connectivity index (χ3v) is 3.77. The zero-order chi connectivity index (χ0) is 15.6. The van der Waals surface area contributed by atoms with Gasteiger partial charge in [0.1, 0.15) is 11.4 Å². The van der Waals surface area contributed by atoms with Crippen molar-refractivity contribution in [3.8, 4) is 5.75 Å². The van der Waals surface area contributed by atoms with E-state index in [4.69, 9.17) is 4.74 Å². The molecular weight excluding hydrogens is 260 g/mol. The van der Waals surface area contributed by atoms with Crippen LogP contribution in [0, 0.1) is 0 Å². The first-order valence-corrected chi connectivity index (χ1v) is 8.46. The number of aliphatic hydroxyl groups excluding tert-OH is 1. The molecule has 0 aliphatic carbocycles. The summed E-state index contributed by atoms with van der Waals surface area (Å²) in [7, 11) is 0. The highest BCUT2D eigenvalue weighted by Gasteiger charge is 2.17. The lowest BCUT2D eigenvalue weighted by molar-refractivity contribution is 0.0412. The first-order valence-electron chi connectivity index (χ1n) is 8.46. The van der Waals surface area contributed by atoms with E-state index in [1.54, 1.807) is 0 Å². The Balaban J connectivity index is 2.22. The van der Waals surface area contributed by atoms with E-state index in [9.17, 15) is 5.11 Å². The van der Waals surface area contributed by atoms with Crippen LogP contribution in [0.1, 0.15) is 71.3 Å². The van der Waals surface area contributed by atoms with E-state index >= 15 is 0 Å². The van der Waals surface area contributed by atoms with Crippen LogP contribution in [0.25, 0.3) is 0 Å². The molecule has 21 heavy (non-hydrogen) atoms. The Morgan fingerprint density at radius 3 is 2.05 bits per heavy atom. The van der Waals surface area contributed by atoms with Crippen molar-refractivity contribution in [3.05, 3.63) is 29.8 Å². The smallest absolute Gasteiger partial charge is 0.126 e. The number of unbranched alkanes of at least 4 members (excludes halogenated alkanes) is 6. The largest absolute Gasteiger partial charge is 0.485 e. The summed E-state index contributed by atoms with van der Waals surface area (Å²) in [6.07, 6.45) is 10.6. The minimum atomic E-state index is -0.514. The summed E-state index contributed by atoms with van der Waals surface area (Å²) in [5.74, 6) is 0.831. The van der Waals surface area contributed by atoms with Gasteiger partial charge in [-0.25, -0.2) is 0 Å². The maximum absolute atomic E-state index is 9.21. The molecule has 0 bridgehead atoms. The second kappa shape index (κ2) is 9.83. The maximum atomic E-state index is 9.21. The Kier molecular flexibility index (Phi) is 8.44. The Morgan fingerprint density at radius 1 is 0.905 bits per heavy atom. The lowest BCUT2D eigenvalue weighted by Gasteiger charge is -2.23. The van der Waals surface area contributed by atoms with Crippen molar-refractivity contribution in [2.45, 2.75) is 77.7 Å². The third kappa shape index (κ3) is 8.11. The van der Waals surface area contributed by atoms with Crippen molar-refractivity contribution in [1.82, 2.24) is 0 Å². The minimum Gasteiger partial charge on any atom is -0.485 e. The number of ether oxygens (including phenoxy) is 1. The summed E-state index contributed by atoms with van der Waals surface area (Å²) in [6.45, 7) is 6.06. The van der Waals surface area contributed by atoms with Gasteiger partial charge < -0.3 is 9.84 Å². The first kappa shape index (κ1) is 18.0. The number of aliphatic hydroxyl groups is 1. The van der Waals surface area contributed by atoms with Crippen LogP contribution in [-0.2, 0) is 6.42 Å². The van der Waals surface area contributed by atoms with Crippen molar-refractivity contribution < 1.29 is 9.84 Å². The van der Waals surface area contributed by atoms with Crippen molar-refractivity contribution >= 4 is 0 Å². The molecule has 0 heterocycles. The highest BCUT2D eigenvalue weighted by Crippen LogP contribution is 2.19. The standard InChI is InChI=1S/C19H32O2/c1-4-5-6-7-8-9-10-11-17-12-14-18(15-13-17)21-19(2,3)16-20/h12-15,20H,4-11,16H2,1-3H3. The SMILES string of the molecule is CCCCCCCCCc1ccc(OC(C)(C)CO)cc1. The molecule has 0 unspecified atom stereocenters. The van der Waals surface area contributed by atoms with Gasteiger partial charge >= 0.3 is 0 Å². The zero-order valence-corrected chi connectivity index (χ0v) is 14.0. The lowest BCUT2D eigenvalue weighted by atomic mass is 10.0. The van der Waals surface area contributed by atoms with Gasteiger partial charge in [0.05, 0.1) is 6.61 Å². The number of hydrogen-bond acceptors (Lipinski definition) is 2. The molecule has 1 rings (SSSR count). The molecule has 0 saturated heterocycles. The molecule has 1 aromatic carbocycles. The monoisotopic (exact) mass is 292 g/mol. The second-order valence-electron chi connectivity index (χ2n) is 6.54. The zero-order valence-electron chi connectivity index (χ0n) is 14.0. The molecular formula is C19H32O2. The number of hydrogen-bond donors (Lipinski definition) is 1. The minimum absolute atomic E-state index is 0.0206. The second-order valence-corrected chi connectivity index (χ2v) is 6.54. The molecule has 2 nitrogen and oxygen atoms in total. The van der Waals surface area contributed by atoms with E-state index in [0.717, 1.165) is 12.2 Å². The van der Waals surface area contributed by atoms with Crippen LogP contribution in [0.5, 0.6) is 5.75 Å². The molecule has 0 aliphatic heterocycles. The molecule has 2 heteroatoms. The summed E-state index contributed by atoms with van der Waals surface area (Å²) >= 11 is 0. The van der Waals surface area contributed by atoms with E-state index in [1.807, 2.05) is 26.0 Å². The van der Waals surface area contributed by atoms with Gasteiger partial charge in [0.25, 0.3) is 0 Å². The van der Waals surface area contributed by atoms with Crippen molar-refractivity contribution in [2.75, 3.05) is 6.61 Å². The number of rotatable bonds is 11. The Bertz CT molecular complexity index is 368. The van der Waals surface area contributed by atoms with Gasteiger partial charge in [-0.05, 0) is 44.4 Å². The Labute approximate surface area is 130 Å². The van der Waals surface area contributed by atoms with Gasteiger partial charge in [0.15, 0.2) is 0 Å². The quantitative estimate of drug-likeness (QED) is 0.573. The van der Waals surface area contributed by atoms with Crippen LogP contribution in [0.15, 0.2) is 24.3 Å². The van der Waals surface area contributed by atoms with Crippen molar-refractivity contribution in [3.63, 3.8) is 0 Å². The lowest BCUT2D eigenvalue weighted by Crippen LogP contribution is -2.32. The topological polar surface area (TPSA) is 29.5 Å². The van der Waals surface area contributed by atoms with Crippen molar-refractivity contribution in [1.29, 1.82) is 0 Å². The molecule has 0 aliphatic rings. The van der Waals surface area contributed by atoms with E-state index in [-0.39, 0.29) is 6.61 Å². The molecule has 0 fully saturated rings. The number of benzene rings is 1. The Morgan fingerprint density at radius 2 is 1.48 bits per heavy atom. The summed E-state index contributed by atoms with van der Waals surface area (Å²) < 4.78 is 5.74. The Hall–Kier alpha value is -1.02. The highest BCUT2D eigenvalue weighted by atomic mass is 16.5. The van der Waals surface area contributed by atoms with Gasteiger partial charge in [0, 0.05) is 0 Å². The normalized spacial score (nSPS) is 11.6. The van der Waals surface area contributed by atoms with E-state index in [0.29, 0.717) is 0 Å². The summed E-state index contributed by atoms with van der Waals surface area (Å²) in [4.78, 5) is 0.